The normalized spacial score (nSPS) is 10.6. The molecule has 0 aliphatic carbocycles. The largest absolute Gasteiger partial charge is 0.497 e. The highest BCUT2D eigenvalue weighted by Gasteiger charge is 2.04. The Hall–Kier alpha value is -1.22. The van der Waals surface area contributed by atoms with Crippen LogP contribution in [0.3, 0.4) is 0 Å². The van der Waals surface area contributed by atoms with Gasteiger partial charge in [0.15, 0.2) is 5.96 Å². The van der Waals surface area contributed by atoms with E-state index in [1.807, 2.05) is 26.0 Å². The first kappa shape index (κ1) is 22.8. The number of nitrogens with one attached hydrogen (secondary N) is 3. The fourth-order valence-electron chi connectivity index (χ4n) is 1.92. The number of rotatable bonds is 8. The van der Waals surface area contributed by atoms with Crippen LogP contribution in [0, 0.1) is 0 Å². The number of benzene rings is 1. The van der Waals surface area contributed by atoms with Crippen molar-refractivity contribution < 1.29 is 9.53 Å². The Kier molecular flexibility index (Phi) is 12.4. The summed E-state index contributed by atoms with van der Waals surface area (Å²) in [6, 6.07) is 5.63. The van der Waals surface area contributed by atoms with E-state index in [4.69, 9.17) is 16.3 Å². The zero-order chi connectivity index (χ0) is 17.1. The molecular weight excluding hydrogens is 443 g/mol. The van der Waals surface area contributed by atoms with Gasteiger partial charge < -0.3 is 20.7 Å². The van der Waals surface area contributed by atoms with E-state index in [-0.39, 0.29) is 36.4 Å². The molecule has 0 saturated carbocycles. The van der Waals surface area contributed by atoms with Gasteiger partial charge in [0.25, 0.3) is 0 Å². The van der Waals surface area contributed by atoms with Crippen LogP contribution >= 0.6 is 35.6 Å². The van der Waals surface area contributed by atoms with Crippen molar-refractivity contribution in [3.8, 4) is 5.75 Å². The van der Waals surface area contributed by atoms with Crippen molar-refractivity contribution in [2.45, 2.75) is 20.3 Å². The third-order valence-corrected chi connectivity index (χ3v) is 3.40. The van der Waals surface area contributed by atoms with Crippen molar-refractivity contribution in [1.82, 2.24) is 16.0 Å². The quantitative estimate of drug-likeness (QED) is 0.311. The molecule has 0 unspecified atom stereocenters. The minimum Gasteiger partial charge on any atom is -0.497 e. The number of hydrogen-bond donors (Lipinski definition) is 3. The van der Waals surface area contributed by atoms with Crippen molar-refractivity contribution in [1.29, 1.82) is 0 Å². The molecule has 1 aromatic rings. The van der Waals surface area contributed by atoms with Crippen LogP contribution in [0.4, 0.5) is 0 Å². The Morgan fingerprint density at radius 1 is 1.21 bits per heavy atom. The fraction of sp³-hybridized carbons (Fsp3) is 0.500. The molecule has 1 rings (SSSR count). The Balaban J connectivity index is 0.00000529. The summed E-state index contributed by atoms with van der Waals surface area (Å²) in [6.45, 7) is 5.95. The van der Waals surface area contributed by atoms with Crippen LogP contribution in [0.1, 0.15) is 19.4 Å². The van der Waals surface area contributed by atoms with Crippen LogP contribution in [-0.2, 0) is 11.2 Å². The van der Waals surface area contributed by atoms with E-state index in [0.29, 0.717) is 24.1 Å². The summed E-state index contributed by atoms with van der Waals surface area (Å²) in [5, 5.41) is 9.69. The molecule has 0 aliphatic rings. The second-order valence-corrected chi connectivity index (χ2v) is 5.19. The van der Waals surface area contributed by atoms with E-state index in [9.17, 15) is 4.79 Å². The van der Waals surface area contributed by atoms with Crippen LogP contribution in [0.15, 0.2) is 23.2 Å². The smallest absolute Gasteiger partial charge is 0.241 e. The molecule has 0 heterocycles. The molecule has 0 fully saturated rings. The lowest BCUT2D eigenvalue weighted by molar-refractivity contribution is -0.119. The Labute approximate surface area is 165 Å². The average molecular weight is 469 g/mol. The minimum absolute atomic E-state index is 0. The molecule has 3 N–H and O–H groups in total. The van der Waals surface area contributed by atoms with E-state index >= 15 is 0 Å². The van der Waals surface area contributed by atoms with E-state index in [2.05, 4.69) is 20.9 Å². The molecule has 0 saturated heterocycles. The first-order valence-corrected chi connectivity index (χ1v) is 8.09. The molecule has 0 aromatic heterocycles. The highest BCUT2D eigenvalue weighted by Crippen LogP contribution is 2.22. The molecule has 6 nitrogen and oxygen atoms in total. The van der Waals surface area contributed by atoms with Gasteiger partial charge in [0.2, 0.25) is 5.91 Å². The lowest BCUT2D eigenvalue weighted by Crippen LogP contribution is -2.39. The molecule has 24 heavy (non-hydrogen) atoms. The molecule has 1 aromatic carbocycles. The molecule has 0 spiro atoms. The van der Waals surface area contributed by atoms with E-state index in [1.54, 1.807) is 13.2 Å². The summed E-state index contributed by atoms with van der Waals surface area (Å²) in [4.78, 5) is 15.7. The summed E-state index contributed by atoms with van der Waals surface area (Å²) in [5.41, 5.74) is 1.03. The van der Waals surface area contributed by atoms with Crippen molar-refractivity contribution >= 4 is 47.4 Å². The highest BCUT2D eigenvalue weighted by atomic mass is 127. The first-order chi connectivity index (χ1) is 11.1. The summed E-state index contributed by atoms with van der Waals surface area (Å²) in [5.74, 6) is 1.26. The van der Waals surface area contributed by atoms with Crippen LogP contribution in [-0.4, -0.2) is 45.2 Å². The van der Waals surface area contributed by atoms with Crippen LogP contribution in [0.25, 0.3) is 0 Å². The molecule has 0 radical (unpaired) electrons. The summed E-state index contributed by atoms with van der Waals surface area (Å²) in [6.07, 6.45) is 0.744. The number of aliphatic imine (C=N–C) groups is 1. The summed E-state index contributed by atoms with van der Waals surface area (Å²) in [7, 11) is 1.61. The van der Waals surface area contributed by atoms with Crippen LogP contribution < -0.4 is 20.7 Å². The zero-order valence-corrected chi connectivity index (χ0v) is 17.4. The fourth-order valence-corrected chi connectivity index (χ4v) is 2.18. The molecule has 8 heteroatoms. The SMILES string of the molecule is CCNC(=O)CN=C(NCC)NCCc1ccc(OC)cc1Cl.I. The molecule has 0 bridgehead atoms. The second-order valence-electron chi connectivity index (χ2n) is 4.78. The number of carbonyl (C=O) groups excluding carboxylic acids is 1. The van der Waals surface area contributed by atoms with Crippen molar-refractivity contribution in [3.05, 3.63) is 28.8 Å². The maximum atomic E-state index is 11.4. The maximum absolute atomic E-state index is 11.4. The lowest BCUT2D eigenvalue weighted by atomic mass is 10.1. The number of amides is 1. The predicted molar refractivity (Wildman–Crippen MR) is 110 cm³/mol. The Morgan fingerprint density at radius 2 is 1.92 bits per heavy atom. The summed E-state index contributed by atoms with van der Waals surface area (Å²) < 4.78 is 5.13. The standard InChI is InChI=1S/C16H25ClN4O2.HI/c1-4-18-15(22)11-21-16(19-5-2)20-9-8-12-6-7-13(23-3)10-14(12)17;/h6-7,10H,4-5,8-9,11H2,1-3H3,(H,18,22)(H2,19,20,21);1H. The Morgan fingerprint density at radius 3 is 2.50 bits per heavy atom. The van der Waals surface area contributed by atoms with Gasteiger partial charge in [-0.05, 0) is 38.0 Å². The van der Waals surface area contributed by atoms with Gasteiger partial charge in [-0.2, -0.15) is 0 Å². The van der Waals surface area contributed by atoms with Crippen molar-refractivity contribution in [2.24, 2.45) is 4.99 Å². The number of halogens is 2. The molecule has 1 amide bonds. The third-order valence-electron chi connectivity index (χ3n) is 3.05. The van der Waals surface area contributed by atoms with Crippen LogP contribution in [0.5, 0.6) is 5.75 Å². The predicted octanol–water partition coefficient (Wildman–Crippen LogP) is 2.20. The average Bonchev–Trinajstić information content (AvgIpc) is 2.54. The van der Waals surface area contributed by atoms with Gasteiger partial charge >= 0.3 is 0 Å². The first-order valence-electron chi connectivity index (χ1n) is 7.72. The summed E-state index contributed by atoms with van der Waals surface area (Å²) >= 11 is 6.22. The van der Waals surface area contributed by atoms with Gasteiger partial charge in [0.05, 0.1) is 7.11 Å². The number of ether oxygens (including phenoxy) is 1. The Bertz CT molecular complexity index is 541. The number of likely N-dealkylation sites (N-methyl/N-ethyl adjacent to an activating group) is 1. The van der Waals surface area contributed by atoms with Gasteiger partial charge in [-0.1, -0.05) is 17.7 Å². The highest BCUT2D eigenvalue weighted by molar-refractivity contribution is 14.0. The van der Waals surface area contributed by atoms with E-state index in [1.165, 1.54) is 0 Å². The molecule has 0 aliphatic heterocycles. The lowest BCUT2D eigenvalue weighted by Gasteiger charge is -2.12. The van der Waals surface area contributed by atoms with Gasteiger partial charge in [0.1, 0.15) is 12.3 Å². The van der Waals surface area contributed by atoms with Crippen molar-refractivity contribution in [2.75, 3.05) is 33.3 Å². The molecule has 0 atom stereocenters. The number of hydrogen-bond acceptors (Lipinski definition) is 3. The minimum atomic E-state index is -0.0945. The van der Waals surface area contributed by atoms with Gasteiger partial charge in [-0.3, -0.25) is 4.79 Å². The number of nitrogens with zero attached hydrogens (tertiary/aromatic N) is 1. The van der Waals surface area contributed by atoms with Gasteiger partial charge in [-0.15, -0.1) is 24.0 Å². The monoisotopic (exact) mass is 468 g/mol. The van der Waals surface area contributed by atoms with Crippen LogP contribution in [0.2, 0.25) is 5.02 Å². The third kappa shape index (κ3) is 8.58. The molecule has 136 valence electrons. The van der Waals surface area contributed by atoms with Gasteiger partial charge in [0, 0.05) is 24.7 Å². The second kappa shape index (κ2) is 13.1. The maximum Gasteiger partial charge on any atom is 0.241 e. The number of guanidine groups is 1. The van der Waals surface area contributed by atoms with E-state index in [0.717, 1.165) is 24.3 Å². The van der Waals surface area contributed by atoms with E-state index < -0.39 is 0 Å². The zero-order valence-electron chi connectivity index (χ0n) is 14.3. The number of carbonyl (C=O) groups is 1. The molecular formula is C16H26ClIN4O2. The van der Waals surface area contributed by atoms with Gasteiger partial charge in [-0.25, -0.2) is 4.99 Å². The number of methoxy groups -OCH3 is 1. The topological polar surface area (TPSA) is 74.8 Å². The van der Waals surface area contributed by atoms with Crippen molar-refractivity contribution in [3.63, 3.8) is 0 Å².